The third-order valence-corrected chi connectivity index (χ3v) is 3.76. The predicted molar refractivity (Wildman–Crippen MR) is 78.0 cm³/mol. The van der Waals surface area contributed by atoms with Gasteiger partial charge in [0, 0.05) is 13.6 Å². The molecule has 0 spiro atoms. The van der Waals surface area contributed by atoms with Gasteiger partial charge in [-0.15, -0.1) is 6.58 Å². The molecule has 1 atom stereocenters. The van der Waals surface area contributed by atoms with Crippen molar-refractivity contribution in [3.63, 3.8) is 0 Å². The number of benzene rings is 1. The maximum atomic E-state index is 12.2. The summed E-state index contributed by atoms with van der Waals surface area (Å²) in [6.07, 6.45) is 5.10. The lowest BCUT2D eigenvalue weighted by Gasteiger charge is -2.33. The molecular formula is C16H22N2O. The largest absolute Gasteiger partial charge is 0.338 e. The van der Waals surface area contributed by atoms with E-state index in [4.69, 9.17) is 0 Å². The number of amides is 1. The van der Waals surface area contributed by atoms with Gasteiger partial charge >= 0.3 is 0 Å². The molecule has 1 amide bonds. The summed E-state index contributed by atoms with van der Waals surface area (Å²) in [6.45, 7) is 4.68. The lowest BCUT2D eigenvalue weighted by molar-refractivity contribution is -0.131. The zero-order valence-electron chi connectivity index (χ0n) is 11.6. The van der Waals surface area contributed by atoms with Gasteiger partial charge in [0.2, 0.25) is 5.91 Å². The fourth-order valence-electron chi connectivity index (χ4n) is 2.71. The Morgan fingerprint density at radius 2 is 2.32 bits per heavy atom. The number of likely N-dealkylation sites (N-methyl/N-ethyl adjacent to an activating group) is 1. The Labute approximate surface area is 115 Å². The van der Waals surface area contributed by atoms with Gasteiger partial charge in [-0.05, 0) is 30.4 Å². The molecule has 0 bridgehead atoms. The average Bonchev–Trinajstić information content (AvgIpc) is 2.46. The molecule has 1 aliphatic rings. The Hall–Kier alpha value is -1.61. The molecule has 1 unspecified atom stereocenters. The molecule has 1 N–H and O–H groups in total. The van der Waals surface area contributed by atoms with Gasteiger partial charge in [0.15, 0.2) is 0 Å². The summed E-state index contributed by atoms with van der Waals surface area (Å²) in [4.78, 5) is 14.0. The molecule has 0 heterocycles. The van der Waals surface area contributed by atoms with Gasteiger partial charge in [-0.3, -0.25) is 4.79 Å². The SMILES string of the molecule is C=CCNCC(=O)N(C)C1CCCc2ccccc21. The highest BCUT2D eigenvalue weighted by atomic mass is 16.2. The second kappa shape index (κ2) is 6.53. The smallest absolute Gasteiger partial charge is 0.236 e. The van der Waals surface area contributed by atoms with Crippen molar-refractivity contribution in [3.8, 4) is 0 Å². The van der Waals surface area contributed by atoms with Crippen LogP contribution in [0.15, 0.2) is 36.9 Å². The van der Waals surface area contributed by atoms with E-state index in [2.05, 4.69) is 36.2 Å². The van der Waals surface area contributed by atoms with Crippen LogP contribution < -0.4 is 5.32 Å². The number of aryl methyl sites for hydroxylation is 1. The molecule has 0 saturated carbocycles. The molecular weight excluding hydrogens is 236 g/mol. The Morgan fingerprint density at radius 1 is 1.53 bits per heavy atom. The number of rotatable bonds is 5. The Morgan fingerprint density at radius 3 is 3.11 bits per heavy atom. The summed E-state index contributed by atoms with van der Waals surface area (Å²) in [7, 11) is 1.91. The van der Waals surface area contributed by atoms with Crippen LogP contribution in [-0.4, -0.2) is 30.9 Å². The number of nitrogens with one attached hydrogen (secondary N) is 1. The highest BCUT2D eigenvalue weighted by Gasteiger charge is 2.25. The van der Waals surface area contributed by atoms with Crippen LogP contribution in [0.1, 0.15) is 30.0 Å². The molecule has 19 heavy (non-hydrogen) atoms. The fourth-order valence-corrected chi connectivity index (χ4v) is 2.71. The first kappa shape index (κ1) is 13.8. The van der Waals surface area contributed by atoms with E-state index < -0.39 is 0 Å². The van der Waals surface area contributed by atoms with E-state index in [0.29, 0.717) is 13.1 Å². The first-order valence-electron chi connectivity index (χ1n) is 6.89. The van der Waals surface area contributed by atoms with E-state index in [9.17, 15) is 4.79 Å². The van der Waals surface area contributed by atoms with E-state index in [1.165, 1.54) is 11.1 Å². The number of carbonyl (C=O) groups is 1. The quantitative estimate of drug-likeness (QED) is 0.649. The molecule has 0 fully saturated rings. The monoisotopic (exact) mass is 258 g/mol. The second-order valence-electron chi connectivity index (χ2n) is 5.03. The summed E-state index contributed by atoms with van der Waals surface area (Å²) in [5.41, 5.74) is 2.70. The lowest BCUT2D eigenvalue weighted by atomic mass is 9.87. The van der Waals surface area contributed by atoms with Crippen molar-refractivity contribution in [3.05, 3.63) is 48.0 Å². The van der Waals surface area contributed by atoms with Crippen LogP contribution in [0.25, 0.3) is 0 Å². The summed E-state index contributed by atoms with van der Waals surface area (Å²) < 4.78 is 0. The first-order chi connectivity index (χ1) is 9.24. The first-order valence-corrected chi connectivity index (χ1v) is 6.89. The van der Waals surface area contributed by atoms with Crippen LogP contribution in [0.5, 0.6) is 0 Å². The maximum Gasteiger partial charge on any atom is 0.236 e. The number of nitrogens with zero attached hydrogens (tertiary/aromatic N) is 1. The van der Waals surface area contributed by atoms with Gasteiger partial charge in [-0.2, -0.15) is 0 Å². The van der Waals surface area contributed by atoms with Crippen LogP contribution in [0, 0.1) is 0 Å². The lowest BCUT2D eigenvalue weighted by Crippen LogP contribution is -2.39. The van der Waals surface area contributed by atoms with Crippen molar-refractivity contribution in [2.24, 2.45) is 0 Å². The number of carbonyl (C=O) groups excluding carboxylic acids is 1. The van der Waals surface area contributed by atoms with Gasteiger partial charge < -0.3 is 10.2 Å². The Kier molecular flexibility index (Phi) is 4.74. The number of hydrogen-bond acceptors (Lipinski definition) is 2. The molecule has 3 heteroatoms. The van der Waals surface area contributed by atoms with Crippen molar-refractivity contribution in [2.75, 3.05) is 20.1 Å². The van der Waals surface area contributed by atoms with Gasteiger partial charge in [0.1, 0.15) is 0 Å². The van der Waals surface area contributed by atoms with E-state index >= 15 is 0 Å². The molecule has 1 aromatic rings. The second-order valence-corrected chi connectivity index (χ2v) is 5.03. The molecule has 0 aliphatic heterocycles. The van der Waals surface area contributed by atoms with Crippen molar-refractivity contribution in [1.29, 1.82) is 0 Å². The Balaban J connectivity index is 2.05. The van der Waals surface area contributed by atoms with Crippen molar-refractivity contribution in [2.45, 2.75) is 25.3 Å². The van der Waals surface area contributed by atoms with Crippen LogP contribution in [0.4, 0.5) is 0 Å². The van der Waals surface area contributed by atoms with Crippen LogP contribution >= 0.6 is 0 Å². The molecule has 1 aromatic carbocycles. The minimum absolute atomic E-state index is 0.142. The highest BCUT2D eigenvalue weighted by Crippen LogP contribution is 2.33. The fraction of sp³-hybridized carbons (Fsp3) is 0.438. The molecule has 0 radical (unpaired) electrons. The van der Waals surface area contributed by atoms with Crippen molar-refractivity contribution >= 4 is 5.91 Å². The van der Waals surface area contributed by atoms with E-state index in [0.717, 1.165) is 19.3 Å². The van der Waals surface area contributed by atoms with E-state index in [-0.39, 0.29) is 11.9 Å². The third kappa shape index (κ3) is 3.24. The van der Waals surface area contributed by atoms with Gasteiger partial charge in [0.25, 0.3) is 0 Å². The van der Waals surface area contributed by atoms with Gasteiger partial charge in [-0.1, -0.05) is 30.3 Å². The molecule has 2 rings (SSSR count). The van der Waals surface area contributed by atoms with Crippen LogP contribution in [-0.2, 0) is 11.2 Å². The number of fused-ring (bicyclic) bond motifs is 1. The van der Waals surface area contributed by atoms with E-state index in [1.807, 2.05) is 11.9 Å². The standard InChI is InChI=1S/C16H22N2O/c1-3-11-17-12-16(19)18(2)15-10-6-8-13-7-4-5-9-14(13)15/h3-5,7,9,15,17H,1,6,8,10-12H2,2H3. The van der Waals surface area contributed by atoms with Crippen molar-refractivity contribution < 1.29 is 4.79 Å². The van der Waals surface area contributed by atoms with Crippen LogP contribution in [0.2, 0.25) is 0 Å². The molecule has 0 saturated heterocycles. The zero-order chi connectivity index (χ0) is 13.7. The molecule has 1 aliphatic carbocycles. The summed E-state index contributed by atoms with van der Waals surface area (Å²) in [5.74, 6) is 0.142. The van der Waals surface area contributed by atoms with Crippen molar-refractivity contribution in [1.82, 2.24) is 10.2 Å². The summed E-state index contributed by atoms with van der Waals surface area (Å²) in [6, 6.07) is 8.69. The Bertz CT molecular complexity index is 456. The van der Waals surface area contributed by atoms with Crippen LogP contribution in [0.3, 0.4) is 0 Å². The van der Waals surface area contributed by atoms with Gasteiger partial charge in [-0.25, -0.2) is 0 Å². The minimum Gasteiger partial charge on any atom is -0.338 e. The molecule has 0 aromatic heterocycles. The van der Waals surface area contributed by atoms with E-state index in [1.54, 1.807) is 6.08 Å². The maximum absolute atomic E-state index is 12.2. The highest BCUT2D eigenvalue weighted by molar-refractivity contribution is 5.78. The zero-order valence-corrected chi connectivity index (χ0v) is 11.6. The normalized spacial score (nSPS) is 17.6. The summed E-state index contributed by atoms with van der Waals surface area (Å²) in [5, 5.41) is 3.07. The molecule has 3 nitrogen and oxygen atoms in total. The van der Waals surface area contributed by atoms with Gasteiger partial charge in [0.05, 0.1) is 12.6 Å². The minimum atomic E-state index is 0.142. The predicted octanol–water partition coefficient (Wildman–Crippen LogP) is 2.30. The topological polar surface area (TPSA) is 32.3 Å². The molecule has 102 valence electrons. The summed E-state index contributed by atoms with van der Waals surface area (Å²) >= 11 is 0. The average molecular weight is 258 g/mol. The third-order valence-electron chi connectivity index (χ3n) is 3.76. The number of hydrogen-bond donors (Lipinski definition) is 1.